The molecule has 0 radical (unpaired) electrons. The van der Waals surface area contributed by atoms with Crippen molar-refractivity contribution in [2.45, 2.75) is 40.4 Å². The summed E-state index contributed by atoms with van der Waals surface area (Å²) in [6.07, 6.45) is 5.77. The molecular formula is C37H52N2OS4Si. The lowest BCUT2D eigenvalue weighted by Gasteiger charge is -2.38. The van der Waals surface area contributed by atoms with Crippen LogP contribution in [0.25, 0.3) is 5.57 Å². The van der Waals surface area contributed by atoms with Gasteiger partial charge in [-0.25, -0.2) is 0 Å². The molecule has 2 aromatic carbocycles. The lowest BCUT2D eigenvalue weighted by atomic mass is 9.87. The molecule has 1 aliphatic carbocycles. The van der Waals surface area contributed by atoms with Crippen molar-refractivity contribution in [2.24, 2.45) is 0 Å². The molecule has 0 atom stereocenters. The first kappa shape index (κ1) is 36.5. The number of allylic oxidation sites excluding steroid dienone is 5. The Labute approximate surface area is 291 Å². The van der Waals surface area contributed by atoms with Gasteiger partial charge >= 0.3 is 0 Å². The van der Waals surface area contributed by atoms with Gasteiger partial charge in [0, 0.05) is 73.9 Å². The van der Waals surface area contributed by atoms with E-state index in [2.05, 4.69) is 124 Å². The molecule has 3 nitrogen and oxygen atoms in total. The SMILES string of the molecule is CCSCCSCCN(CCSCCSCC)Cc1ccc(C2=C3C=CC(=O)C=C3[Si](C)(C)c3cc(N(C)C)ccc32)c(C)c1. The molecule has 0 aromatic heterocycles. The van der Waals surface area contributed by atoms with Crippen molar-refractivity contribution in [3.8, 4) is 0 Å². The van der Waals surface area contributed by atoms with Crippen LogP contribution in [0, 0.1) is 6.92 Å². The van der Waals surface area contributed by atoms with Crippen LogP contribution in [0.5, 0.6) is 0 Å². The van der Waals surface area contributed by atoms with Crippen LogP contribution in [0.15, 0.2) is 65.4 Å². The molecule has 0 unspecified atom stereocenters. The topological polar surface area (TPSA) is 23.6 Å². The highest BCUT2D eigenvalue weighted by molar-refractivity contribution is 8.03. The fourth-order valence-electron chi connectivity index (χ4n) is 6.13. The fraction of sp³-hybridized carbons (Fsp3) is 0.486. The first-order chi connectivity index (χ1) is 21.7. The van der Waals surface area contributed by atoms with Gasteiger partial charge in [-0.15, -0.1) is 0 Å². The first-order valence-electron chi connectivity index (χ1n) is 16.3. The Kier molecular flexibility index (Phi) is 14.4. The van der Waals surface area contributed by atoms with Gasteiger partial charge < -0.3 is 4.90 Å². The summed E-state index contributed by atoms with van der Waals surface area (Å²) >= 11 is 8.29. The number of thioether (sulfide) groups is 4. The summed E-state index contributed by atoms with van der Waals surface area (Å²) in [5.74, 6) is 9.91. The molecule has 0 fully saturated rings. The second-order valence-corrected chi connectivity index (χ2v) is 21.9. The number of carbonyl (C=O) groups is 1. The Morgan fingerprint density at radius 1 is 0.756 bits per heavy atom. The number of nitrogens with zero attached hydrogens (tertiary/aromatic N) is 2. The molecule has 0 bridgehead atoms. The molecule has 1 aliphatic heterocycles. The third kappa shape index (κ3) is 9.63. The number of hydrogen-bond donors (Lipinski definition) is 0. The van der Waals surface area contributed by atoms with E-state index < -0.39 is 8.07 Å². The summed E-state index contributed by atoms with van der Waals surface area (Å²) in [4.78, 5) is 17.5. The van der Waals surface area contributed by atoms with Crippen LogP contribution in [0.2, 0.25) is 13.1 Å². The highest BCUT2D eigenvalue weighted by Crippen LogP contribution is 2.42. The van der Waals surface area contributed by atoms with Crippen LogP contribution in [0.3, 0.4) is 0 Å². The molecule has 0 amide bonds. The van der Waals surface area contributed by atoms with Crippen LogP contribution < -0.4 is 10.1 Å². The Balaban J connectivity index is 1.60. The number of hydrogen-bond acceptors (Lipinski definition) is 7. The molecule has 1 heterocycles. The maximum absolute atomic E-state index is 12.7. The van der Waals surface area contributed by atoms with Crippen LogP contribution in [-0.2, 0) is 11.3 Å². The van der Waals surface area contributed by atoms with Crippen LogP contribution in [0.1, 0.15) is 36.1 Å². The molecule has 0 spiro atoms. The third-order valence-electron chi connectivity index (χ3n) is 8.62. The van der Waals surface area contributed by atoms with Crippen molar-refractivity contribution < 1.29 is 4.79 Å². The van der Waals surface area contributed by atoms with Gasteiger partial charge in [0.05, 0.1) is 0 Å². The minimum atomic E-state index is -2.07. The summed E-state index contributed by atoms with van der Waals surface area (Å²) in [6, 6.07) is 14.1. The molecule has 2 aliphatic rings. The van der Waals surface area contributed by atoms with Crippen LogP contribution >= 0.6 is 47.0 Å². The summed E-state index contributed by atoms with van der Waals surface area (Å²) in [6.45, 7) is 14.8. The number of anilines is 1. The fourth-order valence-corrected chi connectivity index (χ4v) is 12.8. The van der Waals surface area contributed by atoms with Crippen molar-refractivity contribution in [1.82, 2.24) is 4.90 Å². The zero-order chi connectivity index (χ0) is 32.4. The normalized spacial score (nSPS) is 15.4. The number of carbonyl (C=O) groups excluding carboxylic acids is 1. The molecular weight excluding hydrogens is 645 g/mol. The zero-order valence-electron chi connectivity index (χ0n) is 28.4. The van der Waals surface area contributed by atoms with Gasteiger partial charge in [0.15, 0.2) is 5.78 Å². The quantitative estimate of drug-likeness (QED) is 0.115. The van der Waals surface area contributed by atoms with E-state index in [1.807, 2.05) is 29.6 Å². The van der Waals surface area contributed by atoms with Gasteiger partial charge in [-0.1, -0.05) is 57.3 Å². The van der Waals surface area contributed by atoms with Crippen LogP contribution in [0.4, 0.5) is 5.69 Å². The predicted octanol–water partition coefficient (Wildman–Crippen LogP) is 8.17. The van der Waals surface area contributed by atoms with E-state index in [1.165, 1.54) is 95.5 Å². The maximum atomic E-state index is 12.7. The molecule has 8 heteroatoms. The highest BCUT2D eigenvalue weighted by Gasteiger charge is 2.40. The number of benzene rings is 2. The highest BCUT2D eigenvalue weighted by atomic mass is 32.2. The largest absolute Gasteiger partial charge is 0.378 e. The van der Waals surface area contributed by atoms with E-state index in [4.69, 9.17) is 0 Å². The first-order valence-corrected chi connectivity index (χ1v) is 23.9. The van der Waals surface area contributed by atoms with Crippen molar-refractivity contribution in [2.75, 3.05) is 78.1 Å². The monoisotopic (exact) mass is 696 g/mol. The molecule has 244 valence electrons. The van der Waals surface area contributed by atoms with Gasteiger partial charge in [0.2, 0.25) is 0 Å². The van der Waals surface area contributed by atoms with Crippen molar-refractivity contribution in [3.05, 3.63) is 87.6 Å². The van der Waals surface area contributed by atoms with Gasteiger partial charge in [-0.2, -0.15) is 47.0 Å². The average molecular weight is 697 g/mol. The number of fused-ring (bicyclic) bond motifs is 2. The van der Waals surface area contributed by atoms with Crippen molar-refractivity contribution >= 4 is 77.4 Å². The predicted molar refractivity (Wildman–Crippen MR) is 213 cm³/mol. The Morgan fingerprint density at radius 2 is 1.38 bits per heavy atom. The minimum absolute atomic E-state index is 0.109. The molecule has 45 heavy (non-hydrogen) atoms. The maximum Gasteiger partial charge on any atom is 0.178 e. The minimum Gasteiger partial charge on any atom is -0.378 e. The molecule has 2 aromatic rings. The molecule has 4 rings (SSSR count). The molecule has 0 N–H and O–H groups in total. The van der Waals surface area contributed by atoms with Crippen molar-refractivity contribution in [3.63, 3.8) is 0 Å². The second-order valence-electron chi connectivity index (χ2n) is 12.4. The van der Waals surface area contributed by atoms with Gasteiger partial charge in [0.25, 0.3) is 0 Å². The molecule has 0 saturated heterocycles. The Morgan fingerprint density at radius 3 is 1.98 bits per heavy atom. The van der Waals surface area contributed by atoms with Gasteiger partial charge in [-0.05, 0) is 86.5 Å². The lowest BCUT2D eigenvalue weighted by molar-refractivity contribution is -0.110. The van der Waals surface area contributed by atoms with E-state index in [1.54, 1.807) is 6.08 Å². The van der Waals surface area contributed by atoms with E-state index >= 15 is 0 Å². The smallest absolute Gasteiger partial charge is 0.178 e. The van der Waals surface area contributed by atoms with E-state index in [0.717, 1.165) is 19.6 Å². The van der Waals surface area contributed by atoms with Crippen LogP contribution in [-0.4, -0.2) is 92.0 Å². The number of aryl methyl sites for hydroxylation is 1. The second kappa shape index (κ2) is 17.7. The van der Waals surface area contributed by atoms with E-state index in [-0.39, 0.29) is 5.78 Å². The average Bonchev–Trinajstić information content (AvgIpc) is 3.01. The summed E-state index contributed by atoms with van der Waals surface area (Å²) in [5.41, 5.74) is 9.04. The van der Waals surface area contributed by atoms with Gasteiger partial charge in [-0.3, -0.25) is 9.69 Å². The Bertz CT molecular complexity index is 1400. The standard InChI is InChI=1S/C37H52N2OS4Si/c1-8-41-20-22-43-18-16-39(17-19-44-23-21-42-9-2)27-29-10-13-32(28(3)24-29)37-33-14-11-30(38(4)5)25-35(33)45(6,7)36-26-31(40)12-15-34(36)37/h10-15,24-26H,8-9,16-23,27H2,1-7H3. The number of rotatable bonds is 18. The third-order valence-corrected chi connectivity index (χ3v) is 16.4. The summed E-state index contributed by atoms with van der Waals surface area (Å²) < 4.78 is 0. The van der Waals surface area contributed by atoms with E-state index in [9.17, 15) is 4.79 Å². The summed E-state index contributed by atoms with van der Waals surface area (Å²) in [7, 11) is 2.14. The Hall–Kier alpha value is -1.29. The van der Waals surface area contributed by atoms with E-state index in [0.29, 0.717) is 0 Å². The summed E-state index contributed by atoms with van der Waals surface area (Å²) in [5, 5.41) is 2.67. The number of ketones is 1. The molecule has 0 saturated carbocycles. The lowest BCUT2D eigenvalue weighted by Crippen LogP contribution is -2.49. The van der Waals surface area contributed by atoms with Crippen molar-refractivity contribution in [1.29, 1.82) is 0 Å². The zero-order valence-corrected chi connectivity index (χ0v) is 32.7. The van der Waals surface area contributed by atoms with Gasteiger partial charge in [0.1, 0.15) is 8.07 Å².